The Morgan fingerprint density at radius 2 is 1.00 bits per heavy atom. The molecular formula is C14H32N2. The van der Waals surface area contributed by atoms with Crippen LogP contribution in [0, 0.1) is 0 Å². The molecule has 0 amide bonds. The van der Waals surface area contributed by atoms with Gasteiger partial charge in [0.15, 0.2) is 0 Å². The van der Waals surface area contributed by atoms with Crippen molar-refractivity contribution in [3.63, 3.8) is 0 Å². The van der Waals surface area contributed by atoms with Crippen LogP contribution in [0.2, 0.25) is 0 Å². The average Bonchev–Trinajstić information content (AvgIpc) is 2.39. The second-order valence-corrected chi connectivity index (χ2v) is 2.06. The smallest absolute Gasteiger partial charge is 0.00736 e. The normalized spacial score (nSPS) is 7.38. The Kier molecular flexibility index (Phi) is 73.0. The molecule has 0 aromatic heterocycles. The molecule has 0 aliphatic rings. The van der Waals surface area contributed by atoms with Crippen molar-refractivity contribution in [2.24, 2.45) is 0 Å². The van der Waals surface area contributed by atoms with Crippen LogP contribution >= 0.6 is 0 Å². The molecule has 0 atom stereocenters. The molecule has 2 heteroatoms. The average molecular weight is 228 g/mol. The first-order chi connectivity index (χ1) is 7.83. The van der Waals surface area contributed by atoms with Crippen LogP contribution in [-0.2, 0) is 0 Å². The van der Waals surface area contributed by atoms with Gasteiger partial charge in [0.1, 0.15) is 0 Å². The van der Waals surface area contributed by atoms with E-state index in [4.69, 9.17) is 0 Å². The standard InChI is InChI=1S/C6H8.C4H12N2.2C2H6/c1-3-5-6-4-2;1-5-3-4-6-2;2*1-2/h3-6H,1-2H2;5-6H,3-4H2,1-2H3;2*1-2H3/b6-5-;;;. The zero-order chi connectivity index (χ0) is 13.7. The summed E-state index contributed by atoms with van der Waals surface area (Å²) in [5, 5.41) is 6.01. The van der Waals surface area contributed by atoms with Crippen molar-refractivity contribution < 1.29 is 0 Å². The molecule has 16 heavy (non-hydrogen) atoms. The van der Waals surface area contributed by atoms with Crippen LogP contribution in [0.1, 0.15) is 27.7 Å². The summed E-state index contributed by atoms with van der Waals surface area (Å²) in [7, 11) is 3.88. The minimum atomic E-state index is 1.05. The first-order valence-electron chi connectivity index (χ1n) is 6.02. The Labute approximate surface area is 104 Å². The molecule has 0 radical (unpaired) electrons. The van der Waals surface area contributed by atoms with Gasteiger partial charge in [-0.3, -0.25) is 0 Å². The number of allylic oxidation sites excluding steroid dienone is 4. The second kappa shape index (κ2) is 47.9. The molecule has 0 fully saturated rings. The topological polar surface area (TPSA) is 24.1 Å². The summed E-state index contributed by atoms with van der Waals surface area (Å²) in [5.74, 6) is 0. The van der Waals surface area contributed by atoms with E-state index in [0.717, 1.165) is 13.1 Å². The van der Waals surface area contributed by atoms with Crippen LogP contribution in [0.3, 0.4) is 0 Å². The van der Waals surface area contributed by atoms with Crippen LogP contribution in [0.15, 0.2) is 37.5 Å². The highest BCUT2D eigenvalue weighted by Crippen LogP contribution is 1.69. The van der Waals surface area contributed by atoms with Gasteiger partial charge in [-0.25, -0.2) is 0 Å². The van der Waals surface area contributed by atoms with Gasteiger partial charge >= 0.3 is 0 Å². The summed E-state index contributed by atoms with van der Waals surface area (Å²) in [6, 6.07) is 0. The van der Waals surface area contributed by atoms with Crippen LogP contribution < -0.4 is 10.6 Å². The zero-order valence-corrected chi connectivity index (χ0v) is 12.1. The van der Waals surface area contributed by atoms with Crippen molar-refractivity contribution in [3.05, 3.63) is 37.5 Å². The van der Waals surface area contributed by atoms with Gasteiger partial charge in [-0.2, -0.15) is 0 Å². The third kappa shape index (κ3) is 73.3. The second-order valence-electron chi connectivity index (χ2n) is 2.06. The molecular weight excluding hydrogens is 196 g/mol. The minimum absolute atomic E-state index is 1.05. The maximum Gasteiger partial charge on any atom is 0.00736 e. The molecule has 0 aromatic carbocycles. The van der Waals surface area contributed by atoms with Crippen LogP contribution in [0.5, 0.6) is 0 Å². The lowest BCUT2D eigenvalue weighted by Crippen LogP contribution is -2.21. The molecule has 0 saturated carbocycles. The maximum atomic E-state index is 3.46. The van der Waals surface area contributed by atoms with E-state index in [0.29, 0.717) is 0 Å². The predicted octanol–water partition coefficient (Wildman–Crippen LogP) is 3.39. The zero-order valence-electron chi connectivity index (χ0n) is 12.1. The van der Waals surface area contributed by atoms with Gasteiger partial charge in [0.2, 0.25) is 0 Å². The van der Waals surface area contributed by atoms with Crippen molar-refractivity contribution in [2.75, 3.05) is 27.2 Å². The highest BCUT2D eigenvalue weighted by Gasteiger charge is 1.71. The van der Waals surface area contributed by atoms with Crippen LogP contribution in [0.4, 0.5) is 0 Å². The molecule has 0 aliphatic carbocycles. The summed E-state index contributed by atoms with van der Waals surface area (Å²) < 4.78 is 0. The van der Waals surface area contributed by atoms with Gasteiger partial charge in [-0.15, -0.1) is 0 Å². The fourth-order valence-corrected chi connectivity index (χ4v) is 0.407. The lowest BCUT2D eigenvalue weighted by atomic mass is 10.5. The Balaban J connectivity index is -0.0000000686. The third-order valence-corrected chi connectivity index (χ3v) is 1.01. The van der Waals surface area contributed by atoms with E-state index in [1.165, 1.54) is 0 Å². The summed E-state index contributed by atoms with van der Waals surface area (Å²) in [5.41, 5.74) is 0. The van der Waals surface area contributed by atoms with E-state index in [2.05, 4.69) is 23.8 Å². The fraction of sp³-hybridized carbons (Fsp3) is 0.571. The molecule has 0 bridgehead atoms. The van der Waals surface area contributed by atoms with Gasteiger partial charge in [-0.1, -0.05) is 65.2 Å². The highest BCUT2D eigenvalue weighted by atomic mass is 14.9. The molecule has 0 aromatic rings. The van der Waals surface area contributed by atoms with Gasteiger partial charge in [0.25, 0.3) is 0 Å². The molecule has 0 unspecified atom stereocenters. The lowest BCUT2D eigenvalue weighted by molar-refractivity contribution is 0.718. The molecule has 0 heterocycles. The van der Waals surface area contributed by atoms with Gasteiger partial charge < -0.3 is 10.6 Å². The molecule has 2 nitrogen and oxygen atoms in total. The molecule has 0 rings (SSSR count). The number of hydrogen-bond donors (Lipinski definition) is 2. The first-order valence-corrected chi connectivity index (χ1v) is 6.02. The van der Waals surface area contributed by atoms with Gasteiger partial charge in [-0.05, 0) is 14.1 Å². The first kappa shape index (κ1) is 24.4. The van der Waals surface area contributed by atoms with E-state index < -0.39 is 0 Å². The Hall–Kier alpha value is -0.860. The molecule has 98 valence electrons. The van der Waals surface area contributed by atoms with E-state index in [1.54, 1.807) is 12.2 Å². The quantitative estimate of drug-likeness (QED) is 0.557. The Bertz CT molecular complexity index is 104. The number of rotatable bonds is 5. The fourth-order valence-electron chi connectivity index (χ4n) is 0.407. The minimum Gasteiger partial charge on any atom is -0.318 e. The highest BCUT2D eigenvalue weighted by molar-refractivity contribution is 5.05. The van der Waals surface area contributed by atoms with Crippen molar-refractivity contribution in [2.45, 2.75) is 27.7 Å². The van der Waals surface area contributed by atoms with Gasteiger partial charge in [0.05, 0.1) is 0 Å². The maximum absolute atomic E-state index is 3.46. The van der Waals surface area contributed by atoms with E-state index in [1.807, 2.05) is 53.9 Å². The number of hydrogen-bond acceptors (Lipinski definition) is 2. The van der Waals surface area contributed by atoms with Crippen LogP contribution in [0.25, 0.3) is 0 Å². The largest absolute Gasteiger partial charge is 0.318 e. The van der Waals surface area contributed by atoms with Crippen molar-refractivity contribution >= 4 is 0 Å². The summed E-state index contributed by atoms with van der Waals surface area (Å²) in [4.78, 5) is 0. The van der Waals surface area contributed by atoms with E-state index in [-0.39, 0.29) is 0 Å². The van der Waals surface area contributed by atoms with Crippen LogP contribution in [-0.4, -0.2) is 27.2 Å². The Morgan fingerprint density at radius 1 is 0.750 bits per heavy atom. The van der Waals surface area contributed by atoms with Crippen molar-refractivity contribution in [3.8, 4) is 0 Å². The SMILES string of the molecule is C=C/C=C\C=C.CC.CC.CNCCNC. The third-order valence-electron chi connectivity index (χ3n) is 1.01. The van der Waals surface area contributed by atoms with Crippen molar-refractivity contribution in [1.29, 1.82) is 0 Å². The monoisotopic (exact) mass is 228 g/mol. The van der Waals surface area contributed by atoms with Gasteiger partial charge in [0, 0.05) is 13.1 Å². The number of nitrogens with one attached hydrogen (secondary N) is 2. The van der Waals surface area contributed by atoms with Crippen molar-refractivity contribution in [1.82, 2.24) is 10.6 Å². The molecule has 0 aliphatic heterocycles. The lowest BCUT2D eigenvalue weighted by Gasteiger charge is -1.92. The van der Waals surface area contributed by atoms with E-state index >= 15 is 0 Å². The Morgan fingerprint density at radius 3 is 1.12 bits per heavy atom. The molecule has 2 N–H and O–H groups in total. The molecule has 0 spiro atoms. The number of likely N-dealkylation sites (N-methyl/N-ethyl adjacent to an activating group) is 2. The van der Waals surface area contributed by atoms with E-state index in [9.17, 15) is 0 Å². The summed E-state index contributed by atoms with van der Waals surface area (Å²) in [6.07, 6.45) is 7.07. The molecule has 0 saturated heterocycles. The predicted molar refractivity (Wildman–Crippen MR) is 80.1 cm³/mol. The summed E-state index contributed by atoms with van der Waals surface area (Å²) in [6.45, 7) is 17.0. The summed E-state index contributed by atoms with van der Waals surface area (Å²) >= 11 is 0.